The number of nitrogens with two attached hydrogens (primary N) is 1. The van der Waals surface area contributed by atoms with Gasteiger partial charge in [-0.1, -0.05) is 6.07 Å². The molecule has 2 rings (SSSR count). The predicted molar refractivity (Wildman–Crippen MR) is 80.2 cm³/mol. The second-order valence-electron chi connectivity index (χ2n) is 5.03. The van der Waals surface area contributed by atoms with E-state index >= 15 is 0 Å². The molecule has 0 atom stereocenters. The maximum Gasteiger partial charge on any atom is 0.219 e. The first-order valence-corrected chi connectivity index (χ1v) is 7.03. The summed E-state index contributed by atoms with van der Waals surface area (Å²) >= 11 is 0. The summed E-state index contributed by atoms with van der Waals surface area (Å²) in [5, 5.41) is 0. The summed E-state index contributed by atoms with van der Waals surface area (Å²) in [5.41, 5.74) is 7.89. The molecule has 1 amide bonds. The third-order valence-electron chi connectivity index (χ3n) is 3.77. The summed E-state index contributed by atoms with van der Waals surface area (Å²) in [6.07, 6.45) is 0.821. The predicted octanol–water partition coefficient (Wildman–Crippen LogP) is 0.865. The maximum atomic E-state index is 11.3. The zero-order chi connectivity index (χ0) is 14.5. The van der Waals surface area contributed by atoms with Crippen LogP contribution in [0, 0.1) is 0 Å². The Balaban J connectivity index is 2.08. The molecule has 1 aliphatic heterocycles. The smallest absolute Gasteiger partial charge is 0.219 e. The van der Waals surface area contributed by atoms with Gasteiger partial charge >= 0.3 is 0 Å². The Morgan fingerprint density at radius 2 is 2.00 bits per heavy atom. The number of nitrogens with zero attached hydrogens (tertiary/aromatic N) is 2. The van der Waals surface area contributed by atoms with E-state index in [0.717, 1.165) is 49.6 Å². The Kier molecular flexibility index (Phi) is 4.84. The molecule has 1 aromatic carbocycles. The molecule has 5 nitrogen and oxygen atoms in total. The monoisotopic (exact) mass is 277 g/mol. The first-order valence-electron chi connectivity index (χ1n) is 7.03. The topological polar surface area (TPSA) is 58.8 Å². The van der Waals surface area contributed by atoms with E-state index < -0.39 is 0 Å². The molecule has 20 heavy (non-hydrogen) atoms. The maximum absolute atomic E-state index is 11.3. The highest BCUT2D eigenvalue weighted by atomic mass is 16.5. The van der Waals surface area contributed by atoms with Gasteiger partial charge in [0.1, 0.15) is 5.75 Å². The number of methoxy groups -OCH3 is 1. The zero-order valence-electron chi connectivity index (χ0n) is 12.3. The molecule has 110 valence electrons. The molecule has 0 saturated carbocycles. The number of benzene rings is 1. The summed E-state index contributed by atoms with van der Waals surface area (Å²) < 4.78 is 5.44. The Morgan fingerprint density at radius 1 is 1.30 bits per heavy atom. The van der Waals surface area contributed by atoms with Crippen molar-refractivity contribution < 1.29 is 9.53 Å². The number of rotatable bonds is 4. The molecule has 1 heterocycles. The van der Waals surface area contributed by atoms with Gasteiger partial charge in [-0.25, -0.2) is 0 Å². The van der Waals surface area contributed by atoms with Crippen LogP contribution in [0.3, 0.4) is 0 Å². The van der Waals surface area contributed by atoms with Crippen LogP contribution in [0.1, 0.15) is 12.5 Å². The number of piperazine rings is 1. The van der Waals surface area contributed by atoms with Crippen LogP contribution in [0.4, 0.5) is 5.69 Å². The summed E-state index contributed by atoms with van der Waals surface area (Å²) in [6, 6.07) is 6.25. The SMILES string of the molecule is COc1cc(N2CCN(C(C)=O)CC2)ccc1CCN. The lowest BCUT2D eigenvalue weighted by Gasteiger charge is -2.35. The number of carbonyl (C=O) groups excluding carboxylic acids is 1. The van der Waals surface area contributed by atoms with Crippen molar-refractivity contribution in [3.8, 4) is 5.75 Å². The van der Waals surface area contributed by atoms with Crippen molar-refractivity contribution in [3.05, 3.63) is 23.8 Å². The highest BCUT2D eigenvalue weighted by molar-refractivity contribution is 5.73. The van der Waals surface area contributed by atoms with Crippen molar-refractivity contribution in [3.63, 3.8) is 0 Å². The molecule has 1 fully saturated rings. The van der Waals surface area contributed by atoms with Gasteiger partial charge in [0.15, 0.2) is 0 Å². The molecule has 1 aliphatic rings. The average Bonchev–Trinajstić information content (AvgIpc) is 2.48. The van der Waals surface area contributed by atoms with Crippen LogP contribution in [0.5, 0.6) is 5.75 Å². The van der Waals surface area contributed by atoms with Crippen molar-refractivity contribution in [1.29, 1.82) is 0 Å². The van der Waals surface area contributed by atoms with Gasteiger partial charge < -0.3 is 20.3 Å². The van der Waals surface area contributed by atoms with Gasteiger partial charge in [0.25, 0.3) is 0 Å². The molecule has 5 heteroatoms. The highest BCUT2D eigenvalue weighted by Crippen LogP contribution is 2.26. The zero-order valence-corrected chi connectivity index (χ0v) is 12.3. The molecule has 2 N–H and O–H groups in total. The lowest BCUT2D eigenvalue weighted by molar-refractivity contribution is -0.129. The first-order chi connectivity index (χ1) is 9.65. The van der Waals surface area contributed by atoms with Crippen LogP contribution >= 0.6 is 0 Å². The van der Waals surface area contributed by atoms with Crippen molar-refractivity contribution >= 4 is 11.6 Å². The third kappa shape index (κ3) is 3.22. The van der Waals surface area contributed by atoms with Crippen LogP contribution in [0.2, 0.25) is 0 Å². The normalized spacial score (nSPS) is 15.3. The Hall–Kier alpha value is -1.75. The third-order valence-corrected chi connectivity index (χ3v) is 3.77. The highest BCUT2D eigenvalue weighted by Gasteiger charge is 2.19. The fourth-order valence-electron chi connectivity index (χ4n) is 2.57. The van der Waals surface area contributed by atoms with E-state index in [4.69, 9.17) is 10.5 Å². The van der Waals surface area contributed by atoms with E-state index in [9.17, 15) is 4.79 Å². The minimum absolute atomic E-state index is 0.153. The lowest BCUT2D eigenvalue weighted by Crippen LogP contribution is -2.48. The number of anilines is 1. The van der Waals surface area contributed by atoms with Crippen LogP contribution in [0.15, 0.2) is 18.2 Å². The first kappa shape index (κ1) is 14.7. The van der Waals surface area contributed by atoms with E-state index in [-0.39, 0.29) is 5.91 Å². The number of hydrogen-bond acceptors (Lipinski definition) is 4. The van der Waals surface area contributed by atoms with Gasteiger partial charge in [-0.05, 0) is 24.6 Å². The van der Waals surface area contributed by atoms with Crippen LogP contribution in [0.25, 0.3) is 0 Å². The molecule has 1 aromatic rings. The largest absolute Gasteiger partial charge is 0.496 e. The molecule has 0 radical (unpaired) electrons. The minimum Gasteiger partial charge on any atom is -0.496 e. The van der Waals surface area contributed by atoms with Gasteiger partial charge in [-0.3, -0.25) is 4.79 Å². The Morgan fingerprint density at radius 3 is 2.55 bits per heavy atom. The quantitative estimate of drug-likeness (QED) is 0.887. The molecule has 0 aromatic heterocycles. The Bertz CT molecular complexity index is 468. The summed E-state index contributed by atoms with van der Waals surface area (Å²) in [4.78, 5) is 15.5. The fraction of sp³-hybridized carbons (Fsp3) is 0.533. The number of ether oxygens (including phenoxy) is 1. The summed E-state index contributed by atoms with van der Waals surface area (Å²) in [6.45, 7) is 5.52. The van der Waals surface area contributed by atoms with Gasteiger partial charge in [0.05, 0.1) is 7.11 Å². The number of carbonyl (C=O) groups is 1. The second-order valence-corrected chi connectivity index (χ2v) is 5.03. The van der Waals surface area contributed by atoms with Crippen LogP contribution < -0.4 is 15.4 Å². The van der Waals surface area contributed by atoms with Crippen molar-refractivity contribution in [2.75, 3.05) is 44.7 Å². The van der Waals surface area contributed by atoms with Crippen LogP contribution in [-0.4, -0.2) is 50.6 Å². The van der Waals surface area contributed by atoms with Gasteiger partial charge in [-0.2, -0.15) is 0 Å². The molecule has 1 saturated heterocycles. The van der Waals surface area contributed by atoms with E-state index in [1.54, 1.807) is 14.0 Å². The molecule has 0 unspecified atom stereocenters. The summed E-state index contributed by atoms with van der Waals surface area (Å²) in [7, 11) is 1.69. The number of hydrogen-bond donors (Lipinski definition) is 1. The lowest BCUT2D eigenvalue weighted by atomic mass is 10.1. The molecular formula is C15H23N3O2. The molecular weight excluding hydrogens is 254 g/mol. The summed E-state index contributed by atoms with van der Waals surface area (Å²) in [5.74, 6) is 1.04. The van der Waals surface area contributed by atoms with Crippen LogP contribution in [-0.2, 0) is 11.2 Å². The Labute approximate surface area is 120 Å². The molecule has 0 bridgehead atoms. The van der Waals surface area contributed by atoms with Gasteiger partial charge in [0.2, 0.25) is 5.91 Å². The van der Waals surface area contributed by atoms with E-state index in [1.165, 1.54) is 0 Å². The van der Waals surface area contributed by atoms with E-state index in [2.05, 4.69) is 23.1 Å². The number of amides is 1. The van der Waals surface area contributed by atoms with Crippen molar-refractivity contribution in [1.82, 2.24) is 4.90 Å². The van der Waals surface area contributed by atoms with Crippen molar-refractivity contribution in [2.24, 2.45) is 5.73 Å². The van der Waals surface area contributed by atoms with Crippen molar-refractivity contribution in [2.45, 2.75) is 13.3 Å². The molecule has 0 aliphatic carbocycles. The van der Waals surface area contributed by atoms with Gasteiger partial charge in [-0.15, -0.1) is 0 Å². The molecule has 0 spiro atoms. The average molecular weight is 277 g/mol. The van der Waals surface area contributed by atoms with E-state index in [1.807, 2.05) is 4.90 Å². The van der Waals surface area contributed by atoms with Gasteiger partial charge in [0, 0.05) is 44.9 Å². The van der Waals surface area contributed by atoms with E-state index in [0.29, 0.717) is 6.54 Å². The minimum atomic E-state index is 0.153. The fourth-order valence-corrected chi connectivity index (χ4v) is 2.57. The standard InChI is InChI=1S/C15H23N3O2/c1-12(19)17-7-9-18(10-8-17)14-4-3-13(5-6-16)15(11-14)20-2/h3-4,11H,5-10,16H2,1-2H3. The second kappa shape index (κ2) is 6.61.